The van der Waals surface area contributed by atoms with Gasteiger partial charge in [0.25, 0.3) is 5.91 Å². The van der Waals surface area contributed by atoms with Gasteiger partial charge in [0.15, 0.2) is 0 Å². The first kappa shape index (κ1) is 19.2. The van der Waals surface area contributed by atoms with Crippen molar-refractivity contribution in [1.29, 1.82) is 5.26 Å². The van der Waals surface area contributed by atoms with Crippen molar-refractivity contribution in [2.75, 3.05) is 7.05 Å². The summed E-state index contributed by atoms with van der Waals surface area (Å²) in [6.45, 7) is 4.41. The van der Waals surface area contributed by atoms with E-state index in [1.54, 1.807) is 36.2 Å². The van der Waals surface area contributed by atoms with E-state index in [1.165, 1.54) is 0 Å². The molecule has 0 aliphatic carbocycles. The molecule has 1 amide bonds. The van der Waals surface area contributed by atoms with Crippen LogP contribution in [0, 0.1) is 25.2 Å². The molecule has 6 nitrogen and oxygen atoms in total. The van der Waals surface area contributed by atoms with E-state index in [-0.39, 0.29) is 12.5 Å². The van der Waals surface area contributed by atoms with Crippen molar-refractivity contribution in [3.63, 3.8) is 0 Å². The van der Waals surface area contributed by atoms with Crippen LogP contribution in [0.2, 0.25) is 0 Å². The Hall–Kier alpha value is -3.59. The molecule has 1 aromatic heterocycles. The van der Waals surface area contributed by atoms with Gasteiger partial charge in [-0.05, 0) is 43.7 Å². The van der Waals surface area contributed by atoms with E-state index < -0.39 is 0 Å². The van der Waals surface area contributed by atoms with Gasteiger partial charge in [-0.15, -0.1) is 0 Å². The minimum Gasteiger partial charge on any atom is -0.488 e. The van der Waals surface area contributed by atoms with Gasteiger partial charge in [0.05, 0.1) is 28.5 Å². The third-order valence-electron chi connectivity index (χ3n) is 4.52. The fourth-order valence-corrected chi connectivity index (χ4v) is 2.86. The van der Waals surface area contributed by atoms with Crippen molar-refractivity contribution in [3.8, 4) is 11.8 Å². The van der Waals surface area contributed by atoms with Crippen LogP contribution in [0.4, 0.5) is 0 Å². The van der Waals surface area contributed by atoms with Crippen LogP contribution in [-0.4, -0.2) is 23.0 Å². The van der Waals surface area contributed by atoms with Crippen molar-refractivity contribution in [1.82, 2.24) is 10.1 Å². The van der Waals surface area contributed by atoms with Crippen LogP contribution < -0.4 is 4.74 Å². The van der Waals surface area contributed by atoms with E-state index in [4.69, 9.17) is 14.5 Å². The van der Waals surface area contributed by atoms with Gasteiger partial charge >= 0.3 is 0 Å². The minimum atomic E-state index is -0.140. The topological polar surface area (TPSA) is 79.4 Å². The highest BCUT2D eigenvalue weighted by Gasteiger charge is 2.18. The van der Waals surface area contributed by atoms with Gasteiger partial charge in [-0.25, -0.2) is 0 Å². The summed E-state index contributed by atoms with van der Waals surface area (Å²) in [7, 11) is 1.74. The Kier molecular flexibility index (Phi) is 5.75. The van der Waals surface area contributed by atoms with Crippen molar-refractivity contribution in [2.24, 2.45) is 0 Å². The summed E-state index contributed by atoms with van der Waals surface area (Å²) in [6, 6.07) is 16.4. The first-order valence-corrected chi connectivity index (χ1v) is 8.87. The highest BCUT2D eigenvalue weighted by molar-refractivity contribution is 5.96. The number of hydrogen-bond acceptors (Lipinski definition) is 5. The van der Waals surface area contributed by atoms with E-state index in [2.05, 4.69) is 11.2 Å². The number of benzene rings is 2. The Balaban J connectivity index is 1.73. The van der Waals surface area contributed by atoms with E-state index in [0.29, 0.717) is 29.2 Å². The Bertz CT molecular complexity index is 997. The summed E-state index contributed by atoms with van der Waals surface area (Å²) >= 11 is 0. The Morgan fingerprint density at radius 2 is 1.89 bits per heavy atom. The number of para-hydroxylation sites is 1. The summed E-state index contributed by atoms with van der Waals surface area (Å²) in [6.07, 6.45) is 0. The molecule has 0 N–H and O–H groups in total. The number of nitriles is 1. The number of carbonyl (C=O) groups excluding carboxylic acids is 1. The maximum atomic E-state index is 13.0. The number of ether oxygens (including phenoxy) is 1. The molecule has 142 valence electrons. The predicted molar refractivity (Wildman–Crippen MR) is 104 cm³/mol. The molecule has 0 aliphatic heterocycles. The smallest absolute Gasteiger partial charge is 0.257 e. The van der Waals surface area contributed by atoms with Gasteiger partial charge in [-0.3, -0.25) is 4.79 Å². The summed E-state index contributed by atoms with van der Waals surface area (Å²) in [5.74, 6) is 1.08. The third kappa shape index (κ3) is 4.21. The monoisotopic (exact) mass is 375 g/mol. The second-order valence-corrected chi connectivity index (χ2v) is 6.56. The molecule has 1 heterocycles. The first-order valence-electron chi connectivity index (χ1n) is 8.87. The lowest BCUT2D eigenvalue weighted by Crippen LogP contribution is -2.26. The molecular weight excluding hydrogens is 354 g/mol. The fourth-order valence-electron chi connectivity index (χ4n) is 2.86. The van der Waals surface area contributed by atoms with Crippen molar-refractivity contribution in [3.05, 3.63) is 82.2 Å². The van der Waals surface area contributed by atoms with E-state index in [9.17, 15) is 4.79 Å². The van der Waals surface area contributed by atoms with Crippen LogP contribution in [-0.2, 0) is 13.2 Å². The van der Waals surface area contributed by atoms with Gasteiger partial charge in [0.1, 0.15) is 18.1 Å². The Labute approximate surface area is 163 Å². The lowest BCUT2D eigenvalue weighted by Gasteiger charge is -2.19. The van der Waals surface area contributed by atoms with E-state index in [0.717, 1.165) is 16.8 Å². The Morgan fingerprint density at radius 3 is 2.54 bits per heavy atom. The maximum Gasteiger partial charge on any atom is 0.257 e. The molecule has 0 saturated carbocycles. The predicted octanol–water partition coefficient (Wildman–Crippen LogP) is 4.01. The molecule has 0 unspecified atom stereocenters. The zero-order valence-corrected chi connectivity index (χ0v) is 16.1. The van der Waals surface area contributed by atoms with Gasteiger partial charge in [-0.2, -0.15) is 5.26 Å². The molecule has 6 heteroatoms. The van der Waals surface area contributed by atoms with Crippen LogP contribution >= 0.6 is 0 Å². The molecule has 0 saturated heterocycles. The van der Waals surface area contributed by atoms with Crippen molar-refractivity contribution in [2.45, 2.75) is 27.0 Å². The van der Waals surface area contributed by atoms with Crippen LogP contribution in [0.25, 0.3) is 0 Å². The molecule has 0 radical (unpaired) electrons. The number of aromatic nitrogens is 1. The van der Waals surface area contributed by atoms with Crippen LogP contribution in [0.15, 0.2) is 53.1 Å². The van der Waals surface area contributed by atoms with Crippen molar-refractivity contribution >= 4 is 5.91 Å². The largest absolute Gasteiger partial charge is 0.488 e. The second kappa shape index (κ2) is 8.40. The molecule has 0 aliphatic rings. The standard InChI is InChI=1S/C22H21N3O3/c1-15-20(16(2)28-24-15)14-27-21-7-5-4-6-19(21)22(26)25(3)13-18-10-8-17(12-23)9-11-18/h4-11H,13-14H2,1-3H3. The van der Waals surface area contributed by atoms with Crippen LogP contribution in [0.5, 0.6) is 5.75 Å². The highest BCUT2D eigenvalue weighted by atomic mass is 16.5. The quantitative estimate of drug-likeness (QED) is 0.650. The van der Waals surface area contributed by atoms with E-state index >= 15 is 0 Å². The first-order chi connectivity index (χ1) is 13.5. The van der Waals surface area contributed by atoms with E-state index in [1.807, 2.05) is 38.1 Å². The highest BCUT2D eigenvalue weighted by Crippen LogP contribution is 2.23. The summed E-state index contributed by atoms with van der Waals surface area (Å²) in [4.78, 5) is 14.6. The van der Waals surface area contributed by atoms with Gasteiger partial charge < -0.3 is 14.2 Å². The minimum absolute atomic E-state index is 0.140. The van der Waals surface area contributed by atoms with Crippen molar-refractivity contribution < 1.29 is 14.1 Å². The molecule has 0 fully saturated rings. The molecule has 2 aromatic carbocycles. The fraction of sp³-hybridized carbons (Fsp3) is 0.227. The summed E-state index contributed by atoms with van der Waals surface area (Å²) in [5.41, 5.74) is 3.69. The lowest BCUT2D eigenvalue weighted by atomic mass is 10.1. The van der Waals surface area contributed by atoms with Crippen LogP contribution in [0.1, 0.15) is 38.5 Å². The number of carbonyl (C=O) groups is 1. The number of hydrogen-bond donors (Lipinski definition) is 0. The molecule has 0 bridgehead atoms. The van der Waals surface area contributed by atoms with Crippen LogP contribution in [0.3, 0.4) is 0 Å². The number of aryl methyl sites for hydroxylation is 2. The number of amides is 1. The average molecular weight is 375 g/mol. The average Bonchev–Trinajstić information content (AvgIpc) is 3.04. The van der Waals surface area contributed by atoms with Gasteiger partial charge in [-0.1, -0.05) is 29.4 Å². The molecule has 0 atom stereocenters. The normalized spacial score (nSPS) is 10.4. The molecule has 0 spiro atoms. The molecular formula is C22H21N3O3. The zero-order chi connectivity index (χ0) is 20.1. The Morgan fingerprint density at radius 1 is 1.18 bits per heavy atom. The summed E-state index contributed by atoms with van der Waals surface area (Å²) in [5, 5.41) is 12.8. The zero-order valence-electron chi connectivity index (χ0n) is 16.1. The molecule has 3 rings (SSSR count). The SMILES string of the molecule is Cc1noc(C)c1COc1ccccc1C(=O)N(C)Cc1ccc(C#N)cc1. The van der Waals surface area contributed by atoms with Gasteiger partial charge in [0, 0.05) is 13.6 Å². The summed E-state index contributed by atoms with van der Waals surface area (Å²) < 4.78 is 11.1. The second-order valence-electron chi connectivity index (χ2n) is 6.56. The molecule has 28 heavy (non-hydrogen) atoms. The number of nitrogens with zero attached hydrogens (tertiary/aromatic N) is 3. The number of rotatable bonds is 6. The van der Waals surface area contributed by atoms with Gasteiger partial charge in [0.2, 0.25) is 0 Å². The maximum absolute atomic E-state index is 13.0. The lowest BCUT2D eigenvalue weighted by molar-refractivity contribution is 0.0780. The third-order valence-corrected chi connectivity index (χ3v) is 4.52. The molecule has 3 aromatic rings.